The van der Waals surface area contributed by atoms with E-state index in [-0.39, 0.29) is 23.3 Å². The lowest BCUT2D eigenvalue weighted by atomic mass is 9.83. The van der Waals surface area contributed by atoms with Crippen molar-refractivity contribution in [3.05, 3.63) is 105 Å². The molecule has 0 fully saturated rings. The van der Waals surface area contributed by atoms with Crippen molar-refractivity contribution in [3.63, 3.8) is 0 Å². The van der Waals surface area contributed by atoms with E-state index in [1.54, 1.807) is 18.2 Å². The van der Waals surface area contributed by atoms with Crippen LogP contribution in [0.25, 0.3) is 11.0 Å². The standard InChI is InChI=1S/C29H24N2O4/c1-15-5-8-19(9-6-15)25-22-12-10-20(13-24(22)34-28(31)23(25)14-30)33-29(32)27-18(4)21-11-7-16(2)17(3)26(21)35-27/h5-13,25H,31H2,1-4H3. The zero-order valence-electron chi connectivity index (χ0n) is 19.9. The summed E-state index contributed by atoms with van der Waals surface area (Å²) in [5.41, 5.74) is 12.7. The highest BCUT2D eigenvalue weighted by Crippen LogP contribution is 2.43. The summed E-state index contributed by atoms with van der Waals surface area (Å²) < 4.78 is 17.3. The first kappa shape index (κ1) is 22.3. The van der Waals surface area contributed by atoms with Crippen LogP contribution in [-0.2, 0) is 0 Å². The Morgan fingerprint density at radius 3 is 2.46 bits per heavy atom. The molecule has 174 valence electrons. The predicted molar refractivity (Wildman–Crippen MR) is 132 cm³/mol. The number of carbonyl (C=O) groups is 1. The minimum absolute atomic E-state index is 0.0352. The van der Waals surface area contributed by atoms with Gasteiger partial charge in [-0.1, -0.05) is 48.0 Å². The van der Waals surface area contributed by atoms with Gasteiger partial charge >= 0.3 is 5.97 Å². The van der Waals surface area contributed by atoms with E-state index in [0.29, 0.717) is 16.9 Å². The van der Waals surface area contributed by atoms with E-state index in [9.17, 15) is 10.1 Å². The predicted octanol–water partition coefficient (Wildman–Crippen LogP) is 6.10. The summed E-state index contributed by atoms with van der Waals surface area (Å²) in [7, 11) is 0. The SMILES string of the molecule is Cc1ccc(C2C(C#N)=C(N)Oc3cc(OC(=O)c4oc5c(C)c(C)ccc5c4C)ccc32)cc1. The van der Waals surface area contributed by atoms with Crippen LogP contribution in [0.4, 0.5) is 0 Å². The van der Waals surface area contributed by atoms with Gasteiger partial charge in [0.15, 0.2) is 0 Å². The van der Waals surface area contributed by atoms with E-state index < -0.39 is 5.97 Å². The van der Waals surface area contributed by atoms with Gasteiger partial charge in [0.2, 0.25) is 11.6 Å². The van der Waals surface area contributed by atoms with Crippen molar-refractivity contribution in [2.24, 2.45) is 5.73 Å². The number of esters is 1. The van der Waals surface area contributed by atoms with Gasteiger partial charge < -0.3 is 19.6 Å². The molecule has 3 aromatic carbocycles. The van der Waals surface area contributed by atoms with Crippen LogP contribution in [0, 0.1) is 39.0 Å². The molecule has 0 spiro atoms. The molecule has 2 N–H and O–H groups in total. The Hall–Kier alpha value is -4.50. The first-order valence-corrected chi connectivity index (χ1v) is 11.3. The third-order valence-corrected chi connectivity index (χ3v) is 6.62. The summed E-state index contributed by atoms with van der Waals surface area (Å²) in [4.78, 5) is 13.0. The van der Waals surface area contributed by atoms with Crippen LogP contribution >= 0.6 is 0 Å². The van der Waals surface area contributed by atoms with Gasteiger partial charge in [0, 0.05) is 22.6 Å². The van der Waals surface area contributed by atoms with Crippen molar-refractivity contribution >= 4 is 16.9 Å². The zero-order chi connectivity index (χ0) is 24.9. The Labute approximate surface area is 203 Å². The lowest BCUT2D eigenvalue weighted by Crippen LogP contribution is -2.21. The van der Waals surface area contributed by atoms with Gasteiger partial charge in [-0.05, 0) is 50.5 Å². The maximum absolute atomic E-state index is 13.0. The number of aryl methyl sites for hydroxylation is 4. The highest BCUT2D eigenvalue weighted by molar-refractivity contribution is 5.97. The molecule has 1 aliphatic heterocycles. The van der Waals surface area contributed by atoms with Crippen LogP contribution in [0.5, 0.6) is 11.5 Å². The molecule has 0 saturated heterocycles. The molecule has 1 unspecified atom stereocenters. The molecule has 1 aromatic heterocycles. The van der Waals surface area contributed by atoms with Gasteiger partial charge in [0.05, 0.1) is 5.92 Å². The minimum Gasteiger partial charge on any atom is -0.448 e. The molecule has 1 aliphatic rings. The van der Waals surface area contributed by atoms with Gasteiger partial charge in [0.1, 0.15) is 28.7 Å². The number of benzene rings is 3. The largest absolute Gasteiger partial charge is 0.448 e. The average Bonchev–Trinajstić information content (AvgIpc) is 3.18. The number of allylic oxidation sites excluding steroid dienone is 1. The lowest BCUT2D eigenvalue weighted by Gasteiger charge is -2.26. The summed E-state index contributed by atoms with van der Waals surface area (Å²) >= 11 is 0. The van der Waals surface area contributed by atoms with Crippen LogP contribution < -0.4 is 15.2 Å². The van der Waals surface area contributed by atoms with E-state index >= 15 is 0 Å². The lowest BCUT2D eigenvalue weighted by molar-refractivity contribution is 0.0702. The normalized spacial score (nSPS) is 14.9. The molecule has 6 heteroatoms. The molecule has 0 bridgehead atoms. The zero-order valence-corrected chi connectivity index (χ0v) is 19.9. The third kappa shape index (κ3) is 3.71. The molecule has 0 radical (unpaired) electrons. The Morgan fingerprint density at radius 1 is 1.00 bits per heavy atom. The third-order valence-electron chi connectivity index (χ3n) is 6.62. The fraction of sp³-hybridized carbons (Fsp3) is 0.172. The first-order valence-electron chi connectivity index (χ1n) is 11.3. The fourth-order valence-electron chi connectivity index (χ4n) is 4.47. The van der Waals surface area contributed by atoms with Gasteiger partial charge in [0.25, 0.3) is 0 Å². The molecule has 0 aliphatic carbocycles. The summed E-state index contributed by atoms with van der Waals surface area (Å²) in [6.07, 6.45) is 0. The van der Waals surface area contributed by atoms with Crippen LogP contribution in [0.1, 0.15) is 49.9 Å². The number of furan rings is 1. The second-order valence-corrected chi connectivity index (χ2v) is 8.86. The molecule has 1 atom stereocenters. The molecule has 0 amide bonds. The fourth-order valence-corrected chi connectivity index (χ4v) is 4.47. The van der Waals surface area contributed by atoms with Crippen molar-refractivity contribution in [2.45, 2.75) is 33.6 Å². The van der Waals surface area contributed by atoms with Crippen LogP contribution in [0.15, 0.2) is 70.5 Å². The number of ether oxygens (including phenoxy) is 2. The van der Waals surface area contributed by atoms with Crippen molar-refractivity contribution in [1.29, 1.82) is 5.26 Å². The average molecular weight is 465 g/mol. The Bertz CT molecular complexity index is 1570. The molecule has 35 heavy (non-hydrogen) atoms. The second-order valence-electron chi connectivity index (χ2n) is 8.86. The Morgan fingerprint density at radius 2 is 1.74 bits per heavy atom. The van der Waals surface area contributed by atoms with Crippen LogP contribution in [0.2, 0.25) is 0 Å². The number of fused-ring (bicyclic) bond motifs is 2. The van der Waals surface area contributed by atoms with E-state index in [0.717, 1.165) is 38.8 Å². The number of hydrogen-bond donors (Lipinski definition) is 1. The minimum atomic E-state index is -0.595. The molecule has 2 heterocycles. The molecule has 5 rings (SSSR count). The molecule has 4 aromatic rings. The molecule has 6 nitrogen and oxygen atoms in total. The van der Waals surface area contributed by atoms with E-state index in [4.69, 9.17) is 19.6 Å². The number of hydrogen-bond acceptors (Lipinski definition) is 6. The smallest absolute Gasteiger partial charge is 0.379 e. The van der Waals surface area contributed by atoms with Gasteiger partial charge in [-0.15, -0.1) is 0 Å². The highest BCUT2D eigenvalue weighted by Gasteiger charge is 2.31. The summed E-state index contributed by atoms with van der Waals surface area (Å²) in [6, 6.07) is 19.2. The Kier molecular flexibility index (Phi) is 5.33. The molecular weight excluding hydrogens is 440 g/mol. The number of rotatable bonds is 3. The number of nitrogens with two attached hydrogens (primary N) is 1. The van der Waals surface area contributed by atoms with Gasteiger partial charge in [-0.2, -0.15) is 5.26 Å². The molecular formula is C29H24N2O4. The summed E-state index contributed by atoms with van der Waals surface area (Å²) in [6.45, 7) is 7.81. The van der Waals surface area contributed by atoms with Crippen molar-refractivity contribution < 1.29 is 18.7 Å². The molecule has 0 saturated carbocycles. The number of nitrogens with zero attached hydrogens (tertiary/aromatic N) is 1. The number of carbonyl (C=O) groups excluding carboxylic acids is 1. The van der Waals surface area contributed by atoms with Gasteiger partial charge in [-0.3, -0.25) is 0 Å². The van der Waals surface area contributed by atoms with E-state index in [1.807, 2.05) is 64.1 Å². The summed E-state index contributed by atoms with van der Waals surface area (Å²) in [5.74, 6) is -0.0487. The number of nitriles is 1. The maximum Gasteiger partial charge on any atom is 0.379 e. The monoisotopic (exact) mass is 464 g/mol. The summed E-state index contributed by atoms with van der Waals surface area (Å²) in [5, 5.41) is 10.6. The van der Waals surface area contributed by atoms with Gasteiger partial charge in [-0.25, -0.2) is 4.79 Å². The Balaban J connectivity index is 1.49. The van der Waals surface area contributed by atoms with E-state index in [2.05, 4.69) is 6.07 Å². The van der Waals surface area contributed by atoms with Crippen molar-refractivity contribution in [3.8, 4) is 17.6 Å². The van der Waals surface area contributed by atoms with Crippen LogP contribution in [0.3, 0.4) is 0 Å². The van der Waals surface area contributed by atoms with Crippen molar-refractivity contribution in [1.82, 2.24) is 0 Å². The van der Waals surface area contributed by atoms with Crippen LogP contribution in [-0.4, -0.2) is 5.97 Å². The second kappa shape index (κ2) is 8.37. The van der Waals surface area contributed by atoms with E-state index in [1.165, 1.54) is 0 Å². The first-order chi connectivity index (χ1) is 16.8. The highest BCUT2D eigenvalue weighted by atomic mass is 16.5. The van der Waals surface area contributed by atoms with Crippen molar-refractivity contribution in [2.75, 3.05) is 0 Å². The maximum atomic E-state index is 13.0. The quantitative estimate of drug-likeness (QED) is 0.290. The topological polar surface area (TPSA) is 98.5 Å².